The molecule has 0 spiro atoms. The van der Waals surface area contributed by atoms with E-state index in [0.717, 1.165) is 25.3 Å². The normalized spacial score (nSPS) is 44.4. The molecule has 1 amide bonds. The van der Waals surface area contributed by atoms with Gasteiger partial charge in [-0.1, -0.05) is 12.8 Å². The zero-order chi connectivity index (χ0) is 23.0. The van der Waals surface area contributed by atoms with Gasteiger partial charge in [0.2, 0.25) is 5.91 Å². The van der Waals surface area contributed by atoms with Crippen LogP contribution in [-0.2, 0) is 14.3 Å². The number of thioether (sulfide) groups is 1. The third-order valence-corrected chi connectivity index (χ3v) is 8.63. The first-order valence-electron chi connectivity index (χ1n) is 11.8. The highest BCUT2D eigenvalue weighted by atomic mass is 35.5. The molecule has 0 aromatic rings. The third kappa shape index (κ3) is 5.40. The van der Waals surface area contributed by atoms with Crippen LogP contribution in [0, 0.1) is 17.8 Å². The Morgan fingerprint density at radius 2 is 1.94 bits per heavy atom. The number of ether oxygens (including phenoxy) is 2. The molecule has 3 aliphatic heterocycles. The molecular weight excluding hydrogens is 456 g/mol. The molecule has 1 aliphatic carbocycles. The maximum atomic E-state index is 13.3. The van der Waals surface area contributed by atoms with E-state index in [1.807, 2.05) is 0 Å². The van der Waals surface area contributed by atoms with Crippen LogP contribution in [0.1, 0.15) is 39.0 Å². The van der Waals surface area contributed by atoms with Crippen molar-refractivity contribution in [2.24, 2.45) is 17.8 Å². The van der Waals surface area contributed by atoms with Crippen molar-refractivity contribution in [1.29, 1.82) is 0 Å². The number of amides is 1. The SMILES string of the molecule is CSC1O[C@H]([C@H](NC(=O)[C@H]2NC[C@@H]3C[C@H](CC4CC4)CCO[C@H]32)[C@H](C)Cl)C(O)C(O)[C@H]1O. The van der Waals surface area contributed by atoms with Crippen LogP contribution >= 0.6 is 23.4 Å². The first-order valence-corrected chi connectivity index (χ1v) is 13.5. The molecule has 0 aromatic carbocycles. The van der Waals surface area contributed by atoms with Gasteiger partial charge in [0.1, 0.15) is 35.9 Å². The highest BCUT2D eigenvalue weighted by Crippen LogP contribution is 2.41. The van der Waals surface area contributed by atoms with Crippen molar-refractivity contribution in [1.82, 2.24) is 10.6 Å². The number of fused-ring (bicyclic) bond motifs is 1. The molecule has 5 N–H and O–H groups in total. The van der Waals surface area contributed by atoms with Gasteiger partial charge in [-0.3, -0.25) is 4.79 Å². The van der Waals surface area contributed by atoms with E-state index in [-0.39, 0.29) is 12.0 Å². The number of carbonyl (C=O) groups excluding carboxylic acids is 1. The maximum absolute atomic E-state index is 13.3. The number of hydrogen-bond donors (Lipinski definition) is 5. The van der Waals surface area contributed by atoms with E-state index in [1.54, 1.807) is 13.2 Å². The van der Waals surface area contributed by atoms with Gasteiger partial charge < -0.3 is 35.4 Å². The van der Waals surface area contributed by atoms with Crippen LogP contribution in [0.3, 0.4) is 0 Å². The minimum absolute atomic E-state index is 0.186. The summed E-state index contributed by atoms with van der Waals surface area (Å²) in [5.74, 6) is 1.61. The summed E-state index contributed by atoms with van der Waals surface area (Å²) in [6.45, 7) is 3.12. The Morgan fingerprint density at radius 1 is 1.19 bits per heavy atom. The average Bonchev–Trinajstić information content (AvgIpc) is 3.53. The maximum Gasteiger partial charge on any atom is 0.240 e. The van der Waals surface area contributed by atoms with Crippen LogP contribution in [0.5, 0.6) is 0 Å². The summed E-state index contributed by atoms with van der Waals surface area (Å²) < 4.78 is 12.0. The first-order chi connectivity index (χ1) is 15.3. The van der Waals surface area contributed by atoms with Gasteiger partial charge in [0.15, 0.2) is 0 Å². The number of carbonyl (C=O) groups is 1. The second kappa shape index (κ2) is 10.6. The van der Waals surface area contributed by atoms with Crippen LogP contribution in [0.25, 0.3) is 0 Å². The summed E-state index contributed by atoms with van der Waals surface area (Å²) in [7, 11) is 0. The molecule has 32 heavy (non-hydrogen) atoms. The fourth-order valence-corrected chi connectivity index (χ4v) is 6.39. The molecule has 0 aromatic heterocycles. The van der Waals surface area contributed by atoms with Crippen molar-refractivity contribution >= 4 is 29.3 Å². The lowest BCUT2D eigenvalue weighted by molar-refractivity contribution is -0.205. The smallest absolute Gasteiger partial charge is 0.240 e. The van der Waals surface area contributed by atoms with Crippen LogP contribution in [0.4, 0.5) is 0 Å². The standard InChI is InChI=1S/C22H37ClN2O6S/c1-10(23)14(20-17(27)16(26)18(28)22(31-20)32-2)25-21(29)15-19-13(9-24-15)8-12(5-6-30-19)7-11-3-4-11/h10-20,22,24,26-28H,3-9H2,1-2H3,(H,25,29)/t10-,12-,13-,14+,15-,16?,17?,18+,19+,20+,22?/m0/s1. The summed E-state index contributed by atoms with van der Waals surface area (Å²) in [5, 5.41) is 36.7. The first kappa shape index (κ1) is 25.0. The lowest BCUT2D eigenvalue weighted by Gasteiger charge is -2.44. The highest BCUT2D eigenvalue weighted by Gasteiger charge is 2.49. The lowest BCUT2D eigenvalue weighted by Crippen LogP contribution is -2.65. The summed E-state index contributed by atoms with van der Waals surface area (Å²) >= 11 is 7.63. The molecule has 0 bridgehead atoms. The number of alkyl halides is 1. The van der Waals surface area contributed by atoms with Gasteiger partial charge in [-0.2, -0.15) is 0 Å². The Labute approximate surface area is 199 Å². The highest BCUT2D eigenvalue weighted by molar-refractivity contribution is 7.99. The van der Waals surface area contributed by atoms with Gasteiger partial charge in [0.25, 0.3) is 0 Å². The van der Waals surface area contributed by atoms with E-state index in [0.29, 0.717) is 18.4 Å². The topological polar surface area (TPSA) is 120 Å². The second-order valence-electron chi connectivity index (χ2n) is 9.94. The van der Waals surface area contributed by atoms with Crippen molar-refractivity contribution in [3.8, 4) is 0 Å². The molecule has 184 valence electrons. The molecule has 8 nitrogen and oxygen atoms in total. The molecular formula is C22H37ClN2O6S. The fourth-order valence-electron chi connectivity index (χ4n) is 5.51. The van der Waals surface area contributed by atoms with Gasteiger partial charge in [-0.25, -0.2) is 0 Å². The van der Waals surface area contributed by atoms with Gasteiger partial charge >= 0.3 is 0 Å². The molecule has 4 aliphatic rings. The number of halogens is 1. The van der Waals surface area contributed by atoms with Crippen molar-refractivity contribution in [3.05, 3.63) is 0 Å². The monoisotopic (exact) mass is 492 g/mol. The second-order valence-corrected chi connectivity index (χ2v) is 11.6. The molecule has 3 unspecified atom stereocenters. The van der Waals surface area contributed by atoms with E-state index >= 15 is 0 Å². The molecule has 4 fully saturated rings. The molecule has 0 radical (unpaired) electrons. The molecule has 1 saturated carbocycles. The molecule has 4 rings (SSSR count). The summed E-state index contributed by atoms with van der Waals surface area (Å²) in [6, 6.07) is -1.24. The lowest BCUT2D eigenvalue weighted by atomic mass is 9.86. The average molecular weight is 493 g/mol. The Kier molecular flexibility index (Phi) is 8.31. The minimum Gasteiger partial charge on any atom is -0.388 e. The minimum atomic E-state index is -1.39. The van der Waals surface area contributed by atoms with Crippen LogP contribution in [0.2, 0.25) is 0 Å². The zero-order valence-electron chi connectivity index (χ0n) is 18.7. The van der Waals surface area contributed by atoms with E-state index < -0.39 is 47.3 Å². The van der Waals surface area contributed by atoms with E-state index in [2.05, 4.69) is 10.6 Å². The summed E-state index contributed by atoms with van der Waals surface area (Å²) in [5.41, 5.74) is -0.726. The number of hydrogen-bond acceptors (Lipinski definition) is 8. The van der Waals surface area contributed by atoms with Gasteiger partial charge in [0, 0.05) is 13.2 Å². The van der Waals surface area contributed by atoms with Crippen molar-refractivity contribution in [2.45, 2.75) is 92.4 Å². The van der Waals surface area contributed by atoms with Gasteiger partial charge in [0.05, 0.1) is 17.5 Å². The quantitative estimate of drug-likeness (QED) is 0.325. The van der Waals surface area contributed by atoms with E-state index in [9.17, 15) is 20.1 Å². The number of rotatable bonds is 7. The predicted molar refractivity (Wildman–Crippen MR) is 123 cm³/mol. The van der Waals surface area contributed by atoms with Gasteiger partial charge in [-0.15, -0.1) is 23.4 Å². The summed E-state index contributed by atoms with van der Waals surface area (Å²) in [4.78, 5) is 13.3. The number of aliphatic hydroxyl groups is 3. The van der Waals surface area contributed by atoms with E-state index in [1.165, 1.54) is 31.0 Å². The Morgan fingerprint density at radius 3 is 2.59 bits per heavy atom. The van der Waals surface area contributed by atoms with Crippen LogP contribution in [-0.4, -0.2) is 94.1 Å². The zero-order valence-corrected chi connectivity index (χ0v) is 20.3. The predicted octanol–water partition coefficient (Wildman–Crippen LogP) is 0.452. The Bertz CT molecular complexity index is 654. The third-order valence-electron chi connectivity index (χ3n) is 7.51. The number of aliphatic hydroxyl groups excluding tert-OH is 3. The molecule has 3 heterocycles. The largest absolute Gasteiger partial charge is 0.388 e. The van der Waals surface area contributed by atoms with Crippen molar-refractivity contribution < 1.29 is 29.6 Å². The Hall–Kier alpha value is -0.130. The van der Waals surface area contributed by atoms with Crippen molar-refractivity contribution in [2.75, 3.05) is 19.4 Å². The van der Waals surface area contributed by atoms with Crippen molar-refractivity contribution in [3.63, 3.8) is 0 Å². The molecule has 10 heteroatoms. The van der Waals surface area contributed by atoms with Gasteiger partial charge in [-0.05, 0) is 50.2 Å². The summed E-state index contributed by atoms with van der Waals surface area (Å²) in [6.07, 6.45) is 2.74. The van der Waals surface area contributed by atoms with E-state index in [4.69, 9.17) is 21.1 Å². The van der Waals surface area contributed by atoms with Crippen LogP contribution in [0.15, 0.2) is 0 Å². The molecule has 3 saturated heterocycles. The fraction of sp³-hybridized carbons (Fsp3) is 0.955. The van der Waals surface area contributed by atoms with Crippen LogP contribution < -0.4 is 10.6 Å². The number of nitrogens with one attached hydrogen (secondary N) is 2. The Balaban J connectivity index is 1.41. The molecule has 11 atom stereocenters.